The summed E-state index contributed by atoms with van der Waals surface area (Å²) in [5.41, 5.74) is 0. The molecule has 0 radical (unpaired) electrons. The third-order valence-electron chi connectivity index (χ3n) is 5.85. The summed E-state index contributed by atoms with van der Waals surface area (Å²) in [6.07, 6.45) is 8.72. The van der Waals surface area contributed by atoms with E-state index < -0.39 is 0 Å². The van der Waals surface area contributed by atoms with Gasteiger partial charge in [0.25, 0.3) is 0 Å². The molecule has 2 saturated heterocycles. The van der Waals surface area contributed by atoms with Gasteiger partial charge in [0.2, 0.25) is 5.91 Å². The topological polar surface area (TPSA) is 23.6 Å². The standard InChI is InChI=1S/C16H28N2O/c1-12-11-14(7-9-17(12)2)16(19)18-10-8-13-5-3-4-6-15(13)18/h12-15H,3-11H2,1-2H3/t12-,13+,14-,15+/m0/s1. The summed E-state index contributed by atoms with van der Waals surface area (Å²) in [6, 6.07) is 1.16. The number of carbonyl (C=O) groups is 1. The van der Waals surface area contributed by atoms with Gasteiger partial charge in [-0.05, 0) is 58.5 Å². The molecule has 3 fully saturated rings. The number of likely N-dealkylation sites (tertiary alicyclic amines) is 2. The molecule has 3 heteroatoms. The third kappa shape index (κ3) is 2.54. The molecule has 108 valence electrons. The first-order valence-electron chi connectivity index (χ1n) is 8.17. The highest BCUT2D eigenvalue weighted by Gasteiger charge is 2.41. The molecule has 2 heterocycles. The molecule has 0 aromatic rings. The van der Waals surface area contributed by atoms with E-state index in [1.165, 1.54) is 32.1 Å². The van der Waals surface area contributed by atoms with Gasteiger partial charge in [0, 0.05) is 24.5 Å². The van der Waals surface area contributed by atoms with E-state index in [2.05, 4.69) is 23.8 Å². The third-order valence-corrected chi connectivity index (χ3v) is 5.85. The van der Waals surface area contributed by atoms with Gasteiger partial charge in [-0.2, -0.15) is 0 Å². The van der Waals surface area contributed by atoms with E-state index in [0.717, 1.165) is 31.8 Å². The average Bonchev–Trinajstić information content (AvgIpc) is 2.85. The Morgan fingerprint density at radius 3 is 2.63 bits per heavy atom. The minimum absolute atomic E-state index is 0.298. The number of piperidine rings is 1. The van der Waals surface area contributed by atoms with Gasteiger partial charge >= 0.3 is 0 Å². The van der Waals surface area contributed by atoms with Crippen LogP contribution in [-0.4, -0.2) is 47.9 Å². The predicted molar refractivity (Wildman–Crippen MR) is 76.9 cm³/mol. The van der Waals surface area contributed by atoms with Crippen molar-refractivity contribution in [2.75, 3.05) is 20.1 Å². The Morgan fingerprint density at radius 2 is 1.84 bits per heavy atom. The molecule has 0 unspecified atom stereocenters. The van der Waals surface area contributed by atoms with Crippen LogP contribution in [0.2, 0.25) is 0 Å². The highest BCUT2D eigenvalue weighted by Crippen LogP contribution is 2.37. The Bertz CT molecular complexity index is 344. The summed E-state index contributed by atoms with van der Waals surface area (Å²) in [7, 11) is 2.18. The zero-order valence-corrected chi connectivity index (χ0v) is 12.5. The highest BCUT2D eigenvalue weighted by molar-refractivity contribution is 5.79. The van der Waals surface area contributed by atoms with Crippen molar-refractivity contribution >= 4 is 5.91 Å². The van der Waals surface area contributed by atoms with Crippen molar-refractivity contribution in [1.82, 2.24) is 9.80 Å². The maximum Gasteiger partial charge on any atom is 0.226 e. The van der Waals surface area contributed by atoms with Gasteiger partial charge in [-0.1, -0.05) is 12.8 Å². The molecule has 3 aliphatic rings. The number of rotatable bonds is 1. The van der Waals surface area contributed by atoms with E-state index in [9.17, 15) is 4.79 Å². The molecule has 0 aromatic carbocycles. The van der Waals surface area contributed by atoms with Crippen molar-refractivity contribution in [2.24, 2.45) is 11.8 Å². The van der Waals surface area contributed by atoms with Crippen molar-refractivity contribution in [3.05, 3.63) is 0 Å². The molecule has 19 heavy (non-hydrogen) atoms. The number of hydrogen-bond donors (Lipinski definition) is 0. The zero-order chi connectivity index (χ0) is 13.4. The van der Waals surface area contributed by atoms with Crippen molar-refractivity contribution in [1.29, 1.82) is 0 Å². The molecule has 1 saturated carbocycles. The summed E-state index contributed by atoms with van der Waals surface area (Å²) in [5.74, 6) is 1.60. The number of fused-ring (bicyclic) bond motifs is 1. The SMILES string of the molecule is C[C@H]1C[C@@H](C(=O)N2CC[C@H]3CCCC[C@H]32)CCN1C. The molecule has 2 aliphatic heterocycles. The largest absolute Gasteiger partial charge is 0.339 e. The fourth-order valence-corrected chi connectivity index (χ4v) is 4.43. The Kier molecular flexibility index (Phi) is 3.84. The minimum Gasteiger partial charge on any atom is -0.339 e. The van der Waals surface area contributed by atoms with E-state index in [-0.39, 0.29) is 0 Å². The van der Waals surface area contributed by atoms with Crippen molar-refractivity contribution in [3.8, 4) is 0 Å². The quantitative estimate of drug-likeness (QED) is 0.726. The summed E-state index contributed by atoms with van der Waals surface area (Å²) < 4.78 is 0. The van der Waals surface area contributed by atoms with Crippen LogP contribution in [0.5, 0.6) is 0 Å². The van der Waals surface area contributed by atoms with Gasteiger partial charge in [0.05, 0.1) is 0 Å². The van der Waals surface area contributed by atoms with Gasteiger partial charge in [-0.3, -0.25) is 4.79 Å². The first-order valence-corrected chi connectivity index (χ1v) is 8.17. The van der Waals surface area contributed by atoms with E-state index >= 15 is 0 Å². The van der Waals surface area contributed by atoms with E-state index in [1.807, 2.05) is 0 Å². The Balaban J connectivity index is 1.64. The average molecular weight is 264 g/mol. The summed E-state index contributed by atoms with van der Waals surface area (Å²) >= 11 is 0. The molecule has 0 spiro atoms. The first-order chi connectivity index (χ1) is 9.16. The maximum absolute atomic E-state index is 12.8. The molecular formula is C16H28N2O. The molecule has 0 bridgehead atoms. The monoisotopic (exact) mass is 264 g/mol. The molecule has 3 nitrogen and oxygen atoms in total. The van der Waals surface area contributed by atoms with E-state index in [4.69, 9.17) is 0 Å². The first kappa shape index (κ1) is 13.4. The normalized spacial score (nSPS) is 40.2. The van der Waals surface area contributed by atoms with Gasteiger partial charge < -0.3 is 9.80 Å². The predicted octanol–water partition coefficient (Wildman–Crippen LogP) is 2.51. The number of amides is 1. The lowest BCUT2D eigenvalue weighted by Gasteiger charge is -2.38. The Labute approximate surface area is 117 Å². The number of hydrogen-bond acceptors (Lipinski definition) is 2. The maximum atomic E-state index is 12.8. The van der Waals surface area contributed by atoms with Gasteiger partial charge in [0.15, 0.2) is 0 Å². The van der Waals surface area contributed by atoms with Crippen LogP contribution >= 0.6 is 0 Å². The summed E-state index contributed by atoms with van der Waals surface area (Å²) in [5, 5.41) is 0. The fraction of sp³-hybridized carbons (Fsp3) is 0.938. The number of carbonyl (C=O) groups excluding carboxylic acids is 1. The molecule has 4 atom stereocenters. The van der Waals surface area contributed by atoms with Crippen LogP contribution < -0.4 is 0 Å². The smallest absolute Gasteiger partial charge is 0.226 e. The van der Waals surface area contributed by atoms with Crippen molar-refractivity contribution in [2.45, 2.75) is 64.0 Å². The van der Waals surface area contributed by atoms with Crippen LogP contribution in [0.4, 0.5) is 0 Å². The second-order valence-electron chi connectivity index (χ2n) is 6.98. The lowest BCUT2D eigenvalue weighted by molar-refractivity contribution is -0.139. The summed E-state index contributed by atoms with van der Waals surface area (Å²) in [4.78, 5) is 17.5. The molecule has 0 aromatic heterocycles. The molecule has 0 N–H and O–H groups in total. The molecule has 1 aliphatic carbocycles. The lowest BCUT2D eigenvalue weighted by Crippen LogP contribution is -2.47. The zero-order valence-electron chi connectivity index (χ0n) is 12.5. The fourth-order valence-electron chi connectivity index (χ4n) is 4.43. The molecular weight excluding hydrogens is 236 g/mol. The van der Waals surface area contributed by atoms with Crippen LogP contribution in [0.25, 0.3) is 0 Å². The van der Waals surface area contributed by atoms with Crippen LogP contribution in [0.15, 0.2) is 0 Å². The highest BCUT2D eigenvalue weighted by atomic mass is 16.2. The lowest BCUT2D eigenvalue weighted by atomic mass is 9.84. The van der Waals surface area contributed by atoms with E-state index in [0.29, 0.717) is 23.9 Å². The van der Waals surface area contributed by atoms with Crippen LogP contribution in [0, 0.1) is 11.8 Å². The Morgan fingerprint density at radius 1 is 1.05 bits per heavy atom. The van der Waals surface area contributed by atoms with Gasteiger partial charge in [-0.25, -0.2) is 0 Å². The summed E-state index contributed by atoms with van der Waals surface area (Å²) in [6.45, 7) is 4.38. The van der Waals surface area contributed by atoms with Crippen molar-refractivity contribution in [3.63, 3.8) is 0 Å². The number of nitrogens with zero attached hydrogens (tertiary/aromatic N) is 2. The molecule has 1 amide bonds. The van der Waals surface area contributed by atoms with Gasteiger partial charge in [-0.15, -0.1) is 0 Å². The van der Waals surface area contributed by atoms with Gasteiger partial charge in [0.1, 0.15) is 0 Å². The second kappa shape index (κ2) is 5.43. The second-order valence-corrected chi connectivity index (χ2v) is 6.98. The molecule has 3 rings (SSSR count). The van der Waals surface area contributed by atoms with Crippen LogP contribution in [0.1, 0.15) is 51.9 Å². The van der Waals surface area contributed by atoms with Crippen LogP contribution in [0.3, 0.4) is 0 Å². The van der Waals surface area contributed by atoms with Crippen molar-refractivity contribution < 1.29 is 4.79 Å². The Hall–Kier alpha value is -0.570. The van der Waals surface area contributed by atoms with E-state index in [1.54, 1.807) is 0 Å². The minimum atomic E-state index is 0.298. The van der Waals surface area contributed by atoms with Crippen LogP contribution in [-0.2, 0) is 4.79 Å².